The van der Waals surface area contributed by atoms with Crippen LogP contribution in [0.15, 0.2) is 48.5 Å². The molecule has 0 radical (unpaired) electrons. The zero-order valence-electron chi connectivity index (χ0n) is 14.1. The summed E-state index contributed by atoms with van der Waals surface area (Å²) < 4.78 is 0. The lowest BCUT2D eigenvalue weighted by Crippen LogP contribution is -2.16. The molecule has 3 nitrogen and oxygen atoms in total. The summed E-state index contributed by atoms with van der Waals surface area (Å²) in [5, 5.41) is 10.6. The molecule has 0 N–H and O–H groups in total. The smallest absolute Gasteiger partial charge is 0.161 e. The molecule has 0 amide bonds. The number of halogens is 2. The maximum Gasteiger partial charge on any atom is 0.161 e. The van der Waals surface area contributed by atoms with E-state index in [0.717, 1.165) is 45.7 Å². The SMILES string of the molecule is Clc1ccc(-c2nnc(C3(c4ccc(Cl)cc4)CC3)nc2C2CC2)cc1. The van der Waals surface area contributed by atoms with Gasteiger partial charge in [0.1, 0.15) is 5.69 Å². The van der Waals surface area contributed by atoms with Crippen molar-refractivity contribution in [3.05, 3.63) is 75.7 Å². The first kappa shape index (κ1) is 16.2. The van der Waals surface area contributed by atoms with Crippen LogP contribution in [0.5, 0.6) is 0 Å². The summed E-state index contributed by atoms with van der Waals surface area (Å²) in [6, 6.07) is 15.8. The highest BCUT2D eigenvalue weighted by atomic mass is 35.5. The van der Waals surface area contributed by atoms with E-state index in [1.165, 1.54) is 18.4 Å². The highest BCUT2D eigenvalue weighted by molar-refractivity contribution is 6.30. The van der Waals surface area contributed by atoms with Crippen molar-refractivity contribution in [3.8, 4) is 11.3 Å². The summed E-state index contributed by atoms with van der Waals surface area (Å²) in [6.45, 7) is 0. The summed E-state index contributed by atoms with van der Waals surface area (Å²) in [5.74, 6) is 1.34. The van der Waals surface area contributed by atoms with Gasteiger partial charge in [-0.25, -0.2) is 4.98 Å². The molecule has 0 bridgehead atoms. The van der Waals surface area contributed by atoms with Gasteiger partial charge in [-0.05, 0) is 55.5 Å². The van der Waals surface area contributed by atoms with Crippen molar-refractivity contribution in [1.29, 1.82) is 0 Å². The molecule has 0 aliphatic heterocycles. The van der Waals surface area contributed by atoms with E-state index in [2.05, 4.69) is 22.3 Å². The molecule has 5 rings (SSSR count). The zero-order valence-corrected chi connectivity index (χ0v) is 15.6. The van der Waals surface area contributed by atoms with Crippen LogP contribution in [0.3, 0.4) is 0 Å². The molecule has 2 aliphatic rings. The van der Waals surface area contributed by atoms with Crippen LogP contribution in [0.1, 0.15) is 48.7 Å². The maximum atomic E-state index is 6.05. The lowest BCUT2D eigenvalue weighted by Gasteiger charge is -2.16. The Hall–Kier alpha value is -1.97. The van der Waals surface area contributed by atoms with E-state index in [0.29, 0.717) is 5.92 Å². The van der Waals surface area contributed by atoms with Crippen molar-refractivity contribution >= 4 is 23.2 Å². The first-order valence-electron chi connectivity index (χ1n) is 8.93. The van der Waals surface area contributed by atoms with E-state index in [-0.39, 0.29) is 5.41 Å². The van der Waals surface area contributed by atoms with Crippen molar-refractivity contribution in [1.82, 2.24) is 15.2 Å². The fraction of sp³-hybridized carbons (Fsp3) is 0.286. The van der Waals surface area contributed by atoms with Crippen LogP contribution in [0.25, 0.3) is 11.3 Å². The first-order valence-corrected chi connectivity index (χ1v) is 9.68. The Morgan fingerprint density at radius 2 is 1.42 bits per heavy atom. The number of aromatic nitrogens is 3. The van der Waals surface area contributed by atoms with Crippen molar-refractivity contribution in [2.75, 3.05) is 0 Å². The third-order valence-corrected chi connectivity index (χ3v) is 5.87. The molecule has 2 saturated carbocycles. The van der Waals surface area contributed by atoms with Crippen LogP contribution in [0.2, 0.25) is 10.0 Å². The zero-order chi connectivity index (χ0) is 17.7. The monoisotopic (exact) mass is 381 g/mol. The van der Waals surface area contributed by atoms with E-state index >= 15 is 0 Å². The van der Waals surface area contributed by atoms with Gasteiger partial charge in [0.05, 0.1) is 11.1 Å². The third kappa shape index (κ3) is 2.80. The van der Waals surface area contributed by atoms with E-state index in [1.54, 1.807) is 0 Å². The second-order valence-corrected chi connectivity index (χ2v) is 8.11. The molecule has 130 valence electrons. The molecule has 0 unspecified atom stereocenters. The Labute approximate surface area is 162 Å². The van der Waals surface area contributed by atoms with E-state index in [4.69, 9.17) is 28.2 Å². The average Bonchev–Trinajstić information content (AvgIpc) is 3.56. The molecule has 0 atom stereocenters. The number of nitrogens with zero attached hydrogens (tertiary/aromatic N) is 3. The minimum absolute atomic E-state index is 0.0975. The Morgan fingerprint density at radius 1 is 0.808 bits per heavy atom. The van der Waals surface area contributed by atoms with E-state index in [9.17, 15) is 0 Å². The summed E-state index contributed by atoms with van der Waals surface area (Å²) in [5.41, 5.74) is 4.13. The fourth-order valence-electron chi connectivity index (χ4n) is 3.53. The summed E-state index contributed by atoms with van der Waals surface area (Å²) in [6.07, 6.45) is 4.46. The number of benzene rings is 2. The van der Waals surface area contributed by atoms with Gasteiger partial charge in [-0.1, -0.05) is 47.5 Å². The molecular formula is C21H17Cl2N3. The second kappa shape index (κ2) is 6.04. The number of rotatable bonds is 4. The Bertz CT molecular complexity index is 960. The topological polar surface area (TPSA) is 38.7 Å². The Balaban J connectivity index is 1.58. The molecule has 26 heavy (non-hydrogen) atoms. The molecule has 0 saturated heterocycles. The van der Waals surface area contributed by atoms with Crippen molar-refractivity contribution < 1.29 is 0 Å². The van der Waals surface area contributed by atoms with Crippen LogP contribution in [0, 0.1) is 0 Å². The first-order chi connectivity index (χ1) is 12.7. The standard InChI is InChI=1S/C21H17Cl2N3/c22-16-7-3-14(4-8-16)19-18(13-1-2-13)24-20(26-25-19)21(11-12-21)15-5-9-17(23)10-6-15/h3-10,13H,1-2,11-12H2. The fourth-order valence-corrected chi connectivity index (χ4v) is 3.78. The predicted octanol–water partition coefficient (Wildman–Crippen LogP) is 5.80. The van der Waals surface area contributed by atoms with Crippen LogP contribution in [-0.4, -0.2) is 15.2 Å². The lowest BCUT2D eigenvalue weighted by atomic mass is 9.95. The minimum atomic E-state index is -0.0975. The third-order valence-electron chi connectivity index (χ3n) is 5.37. The highest BCUT2D eigenvalue weighted by Crippen LogP contribution is 2.53. The van der Waals surface area contributed by atoms with Gasteiger partial charge in [-0.3, -0.25) is 0 Å². The molecular weight excluding hydrogens is 365 g/mol. The van der Waals surface area contributed by atoms with Gasteiger partial charge >= 0.3 is 0 Å². The molecule has 2 fully saturated rings. The Kier molecular flexibility index (Phi) is 3.77. The van der Waals surface area contributed by atoms with Crippen LogP contribution in [-0.2, 0) is 5.41 Å². The molecule has 3 aromatic rings. The molecule has 1 aromatic heterocycles. The van der Waals surface area contributed by atoms with Gasteiger partial charge in [-0.15, -0.1) is 10.2 Å². The maximum absolute atomic E-state index is 6.05. The van der Waals surface area contributed by atoms with Crippen LogP contribution in [0.4, 0.5) is 0 Å². The summed E-state index contributed by atoms with van der Waals surface area (Å²) >= 11 is 12.1. The van der Waals surface area contributed by atoms with Gasteiger partial charge in [0.15, 0.2) is 5.82 Å². The van der Waals surface area contributed by atoms with E-state index < -0.39 is 0 Å². The molecule has 2 aromatic carbocycles. The Morgan fingerprint density at radius 3 is 2.00 bits per heavy atom. The van der Waals surface area contributed by atoms with Gasteiger partial charge < -0.3 is 0 Å². The quantitative estimate of drug-likeness (QED) is 0.572. The largest absolute Gasteiger partial charge is 0.232 e. The highest BCUT2D eigenvalue weighted by Gasteiger charge is 2.49. The van der Waals surface area contributed by atoms with Gasteiger partial charge in [0, 0.05) is 21.5 Å². The van der Waals surface area contributed by atoms with Crippen molar-refractivity contribution in [2.45, 2.75) is 37.0 Å². The average molecular weight is 382 g/mol. The van der Waals surface area contributed by atoms with Gasteiger partial charge in [0.25, 0.3) is 0 Å². The molecule has 5 heteroatoms. The number of hydrogen-bond donors (Lipinski definition) is 0. The van der Waals surface area contributed by atoms with E-state index in [1.807, 2.05) is 36.4 Å². The normalized spacial score (nSPS) is 17.9. The predicted molar refractivity (Wildman–Crippen MR) is 104 cm³/mol. The molecule has 1 heterocycles. The minimum Gasteiger partial charge on any atom is -0.232 e. The molecule has 2 aliphatic carbocycles. The van der Waals surface area contributed by atoms with Gasteiger partial charge in [0.2, 0.25) is 0 Å². The van der Waals surface area contributed by atoms with Crippen molar-refractivity contribution in [3.63, 3.8) is 0 Å². The number of hydrogen-bond acceptors (Lipinski definition) is 3. The van der Waals surface area contributed by atoms with Gasteiger partial charge in [-0.2, -0.15) is 0 Å². The second-order valence-electron chi connectivity index (χ2n) is 7.24. The summed E-state index contributed by atoms with van der Waals surface area (Å²) in [7, 11) is 0. The molecule has 0 spiro atoms. The van der Waals surface area contributed by atoms with Crippen molar-refractivity contribution in [2.24, 2.45) is 0 Å². The van der Waals surface area contributed by atoms with Crippen LogP contribution < -0.4 is 0 Å². The summed E-state index contributed by atoms with van der Waals surface area (Å²) in [4.78, 5) is 5.03. The lowest BCUT2D eigenvalue weighted by molar-refractivity contribution is 0.703. The van der Waals surface area contributed by atoms with Crippen LogP contribution >= 0.6 is 23.2 Å².